The average molecular weight is 268 g/mol. The number of likely N-dealkylation sites (tertiary alicyclic amines) is 1. The fourth-order valence-corrected chi connectivity index (χ4v) is 3.99. The molecule has 19 heavy (non-hydrogen) atoms. The van der Waals surface area contributed by atoms with Gasteiger partial charge in [0.2, 0.25) is 0 Å². The Bertz CT molecular complexity index is 274. The molecule has 112 valence electrons. The molecule has 1 saturated heterocycles. The highest BCUT2D eigenvalue weighted by Gasteiger charge is 2.36. The second-order valence-corrected chi connectivity index (χ2v) is 7.09. The topological polar surface area (TPSA) is 38.5 Å². The number of piperidine rings is 1. The van der Waals surface area contributed by atoms with E-state index in [0.29, 0.717) is 5.41 Å². The Morgan fingerprint density at radius 1 is 1.05 bits per heavy atom. The minimum absolute atomic E-state index is 0.0543. The van der Waals surface area contributed by atoms with Gasteiger partial charge in [-0.25, -0.2) is 0 Å². The van der Waals surface area contributed by atoms with Gasteiger partial charge in [0.25, 0.3) is 0 Å². The molecule has 2 rings (SSSR count). The highest BCUT2D eigenvalue weighted by Crippen LogP contribution is 2.36. The molecule has 0 radical (unpaired) electrons. The van der Waals surface area contributed by atoms with E-state index < -0.39 is 0 Å². The smallest absolute Gasteiger partial charge is 0.0777 e. The van der Waals surface area contributed by atoms with Crippen molar-refractivity contribution in [2.45, 2.75) is 63.9 Å². The zero-order chi connectivity index (χ0) is 13.8. The molecule has 1 atom stereocenters. The van der Waals surface area contributed by atoms with Crippen LogP contribution in [0.25, 0.3) is 0 Å². The quantitative estimate of drug-likeness (QED) is 0.797. The summed E-state index contributed by atoms with van der Waals surface area (Å²) in [6, 6.07) is 0. The van der Waals surface area contributed by atoms with Crippen LogP contribution in [0.2, 0.25) is 0 Å². The summed E-state index contributed by atoms with van der Waals surface area (Å²) in [5.74, 6) is 0. The van der Waals surface area contributed by atoms with Crippen LogP contribution >= 0.6 is 0 Å². The summed E-state index contributed by atoms with van der Waals surface area (Å²) < 4.78 is 5.72. The summed E-state index contributed by atoms with van der Waals surface area (Å²) in [6.45, 7) is 6.59. The molecule has 0 aromatic rings. The van der Waals surface area contributed by atoms with Crippen molar-refractivity contribution < 1.29 is 4.74 Å². The lowest BCUT2D eigenvalue weighted by Crippen LogP contribution is -2.52. The molecular weight excluding hydrogens is 236 g/mol. The van der Waals surface area contributed by atoms with Crippen LogP contribution in [0.15, 0.2) is 0 Å². The van der Waals surface area contributed by atoms with Crippen molar-refractivity contribution in [3.63, 3.8) is 0 Å². The SMILES string of the molecule is COC1(C)CCCN(CC2(CN)CCCCCC2)C1. The first-order valence-electron chi connectivity index (χ1n) is 8.09. The van der Waals surface area contributed by atoms with Gasteiger partial charge in [0.05, 0.1) is 5.60 Å². The van der Waals surface area contributed by atoms with Gasteiger partial charge in [0, 0.05) is 20.2 Å². The number of methoxy groups -OCH3 is 1. The third kappa shape index (κ3) is 3.93. The van der Waals surface area contributed by atoms with E-state index in [9.17, 15) is 0 Å². The molecule has 0 aromatic heterocycles. The summed E-state index contributed by atoms with van der Waals surface area (Å²) in [5.41, 5.74) is 6.60. The molecule has 3 heteroatoms. The Morgan fingerprint density at radius 2 is 1.74 bits per heavy atom. The van der Waals surface area contributed by atoms with Gasteiger partial charge in [0.15, 0.2) is 0 Å². The van der Waals surface area contributed by atoms with Crippen LogP contribution in [-0.4, -0.2) is 43.8 Å². The first kappa shape index (κ1) is 15.3. The molecule has 1 saturated carbocycles. The Morgan fingerprint density at radius 3 is 2.32 bits per heavy atom. The Hall–Kier alpha value is -0.120. The van der Waals surface area contributed by atoms with E-state index in [1.165, 1.54) is 64.5 Å². The molecule has 0 aromatic carbocycles. The summed E-state index contributed by atoms with van der Waals surface area (Å²) in [7, 11) is 1.86. The molecule has 0 amide bonds. The molecule has 2 fully saturated rings. The van der Waals surface area contributed by atoms with Gasteiger partial charge in [0.1, 0.15) is 0 Å². The van der Waals surface area contributed by atoms with Crippen LogP contribution in [0.3, 0.4) is 0 Å². The van der Waals surface area contributed by atoms with E-state index in [4.69, 9.17) is 10.5 Å². The van der Waals surface area contributed by atoms with Gasteiger partial charge in [-0.05, 0) is 51.1 Å². The molecular formula is C16H32N2O. The van der Waals surface area contributed by atoms with E-state index in [-0.39, 0.29) is 5.60 Å². The van der Waals surface area contributed by atoms with E-state index in [1.807, 2.05) is 7.11 Å². The maximum atomic E-state index is 6.17. The lowest BCUT2D eigenvalue weighted by Gasteiger charge is -2.44. The number of hydrogen-bond donors (Lipinski definition) is 1. The van der Waals surface area contributed by atoms with E-state index >= 15 is 0 Å². The van der Waals surface area contributed by atoms with Crippen molar-refractivity contribution in [1.29, 1.82) is 0 Å². The fraction of sp³-hybridized carbons (Fsp3) is 1.00. The summed E-state index contributed by atoms with van der Waals surface area (Å²) in [5, 5.41) is 0. The van der Waals surface area contributed by atoms with Gasteiger partial charge in [-0.15, -0.1) is 0 Å². The minimum Gasteiger partial charge on any atom is -0.377 e. The third-order valence-corrected chi connectivity index (χ3v) is 5.39. The minimum atomic E-state index is 0.0543. The van der Waals surface area contributed by atoms with Gasteiger partial charge in [-0.2, -0.15) is 0 Å². The van der Waals surface area contributed by atoms with Gasteiger partial charge in [-0.3, -0.25) is 4.90 Å². The van der Waals surface area contributed by atoms with Gasteiger partial charge >= 0.3 is 0 Å². The second kappa shape index (κ2) is 6.55. The molecule has 3 nitrogen and oxygen atoms in total. The molecule has 1 aliphatic carbocycles. The van der Waals surface area contributed by atoms with Crippen molar-refractivity contribution in [2.75, 3.05) is 33.3 Å². The average Bonchev–Trinajstić information content (AvgIpc) is 2.65. The van der Waals surface area contributed by atoms with Gasteiger partial charge < -0.3 is 10.5 Å². The Labute approximate surface area is 118 Å². The van der Waals surface area contributed by atoms with Crippen molar-refractivity contribution in [3.05, 3.63) is 0 Å². The first-order chi connectivity index (χ1) is 9.11. The molecule has 1 aliphatic heterocycles. The van der Waals surface area contributed by atoms with Crippen LogP contribution in [0.5, 0.6) is 0 Å². The van der Waals surface area contributed by atoms with Crippen molar-refractivity contribution >= 4 is 0 Å². The number of ether oxygens (including phenoxy) is 1. The molecule has 1 heterocycles. The lowest BCUT2D eigenvalue weighted by molar-refractivity contribution is -0.0599. The molecule has 2 aliphatic rings. The molecule has 2 N–H and O–H groups in total. The summed E-state index contributed by atoms with van der Waals surface area (Å²) >= 11 is 0. The molecule has 0 bridgehead atoms. The maximum Gasteiger partial charge on any atom is 0.0777 e. The normalized spacial score (nSPS) is 33.0. The monoisotopic (exact) mass is 268 g/mol. The zero-order valence-electron chi connectivity index (χ0n) is 12.9. The van der Waals surface area contributed by atoms with Crippen molar-refractivity contribution in [3.8, 4) is 0 Å². The summed E-state index contributed by atoms with van der Waals surface area (Å²) in [4.78, 5) is 2.62. The number of nitrogens with zero attached hydrogens (tertiary/aromatic N) is 1. The van der Waals surface area contributed by atoms with Crippen LogP contribution < -0.4 is 5.73 Å². The molecule has 0 spiro atoms. The maximum absolute atomic E-state index is 6.17. The van der Waals surface area contributed by atoms with E-state index in [0.717, 1.165) is 13.1 Å². The fourth-order valence-electron chi connectivity index (χ4n) is 3.99. The van der Waals surface area contributed by atoms with E-state index in [2.05, 4.69) is 11.8 Å². The van der Waals surface area contributed by atoms with Crippen LogP contribution in [-0.2, 0) is 4.74 Å². The Kier molecular flexibility index (Phi) is 5.27. The molecule has 1 unspecified atom stereocenters. The highest BCUT2D eigenvalue weighted by atomic mass is 16.5. The number of hydrogen-bond acceptors (Lipinski definition) is 3. The van der Waals surface area contributed by atoms with Crippen molar-refractivity contribution in [1.82, 2.24) is 4.90 Å². The Balaban J connectivity index is 1.97. The second-order valence-electron chi connectivity index (χ2n) is 7.09. The highest BCUT2D eigenvalue weighted by molar-refractivity contribution is 4.91. The third-order valence-electron chi connectivity index (χ3n) is 5.39. The van der Waals surface area contributed by atoms with Crippen molar-refractivity contribution in [2.24, 2.45) is 11.1 Å². The first-order valence-corrected chi connectivity index (χ1v) is 8.09. The summed E-state index contributed by atoms with van der Waals surface area (Å²) in [6.07, 6.45) is 10.6. The van der Waals surface area contributed by atoms with Crippen LogP contribution in [0, 0.1) is 5.41 Å². The van der Waals surface area contributed by atoms with Crippen LogP contribution in [0.4, 0.5) is 0 Å². The van der Waals surface area contributed by atoms with Gasteiger partial charge in [-0.1, -0.05) is 25.7 Å². The van der Waals surface area contributed by atoms with Crippen LogP contribution in [0.1, 0.15) is 58.3 Å². The predicted molar refractivity (Wildman–Crippen MR) is 80.3 cm³/mol. The van der Waals surface area contributed by atoms with E-state index in [1.54, 1.807) is 0 Å². The largest absolute Gasteiger partial charge is 0.377 e. The zero-order valence-corrected chi connectivity index (χ0v) is 12.9. The number of nitrogens with two attached hydrogens (primary N) is 1. The number of rotatable bonds is 4. The predicted octanol–water partition coefficient (Wildman–Crippen LogP) is 2.79. The standard InChI is InChI=1S/C16H32N2O/c1-15(19-2)8-7-11-18(13-15)14-16(12-17)9-5-3-4-6-10-16/h3-14,17H2,1-2H3. The lowest BCUT2D eigenvalue weighted by atomic mass is 9.79.